The van der Waals surface area contributed by atoms with Crippen molar-refractivity contribution in [2.24, 2.45) is 5.73 Å². The van der Waals surface area contributed by atoms with Gasteiger partial charge in [-0.1, -0.05) is 60.7 Å². The van der Waals surface area contributed by atoms with Crippen LogP contribution < -0.4 is 20.1 Å². The molecule has 0 aliphatic carbocycles. The molecular weight excluding hydrogens is 428 g/mol. The van der Waals surface area contributed by atoms with Crippen molar-refractivity contribution < 1.29 is 4.57 Å². The molecular formula is C31H37N4+. The van der Waals surface area contributed by atoms with Crippen LogP contribution in [0, 0.1) is 0 Å². The highest BCUT2D eigenvalue weighted by molar-refractivity contribution is 5.60. The number of nitrogens with zero attached hydrogens (tertiary/aromatic N) is 3. The van der Waals surface area contributed by atoms with Crippen molar-refractivity contribution in [2.75, 3.05) is 44.5 Å². The second kappa shape index (κ2) is 13.1. The van der Waals surface area contributed by atoms with E-state index in [1.165, 1.54) is 22.5 Å². The molecule has 4 nitrogen and oxygen atoms in total. The predicted molar refractivity (Wildman–Crippen MR) is 153 cm³/mol. The minimum absolute atomic E-state index is 0.582. The highest BCUT2D eigenvalue weighted by Gasteiger charge is 2.11. The fourth-order valence-electron chi connectivity index (χ4n) is 3.66. The molecule has 0 unspecified atom stereocenters. The van der Waals surface area contributed by atoms with Gasteiger partial charge in [0.05, 0.1) is 6.54 Å². The second-order valence-corrected chi connectivity index (χ2v) is 8.72. The van der Waals surface area contributed by atoms with Crippen LogP contribution in [0.4, 0.5) is 11.4 Å². The second-order valence-electron chi connectivity index (χ2n) is 8.72. The molecule has 2 N–H and O–H groups in total. The largest absolute Gasteiger partial charge is 0.378 e. The van der Waals surface area contributed by atoms with Crippen molar-refractivity contribution in [1.82, 2.24) is 0 Å². The molecule has 0 aliphatic heterocycles. The summed E-state index contributed by atoms with van der Waals surface area (Å²) in [4.78, 5) is 4.20. The summed E-state index contributed by atoms with van der Waals surface area (Å²) in [6.45, 7) is 1.34. The SMILES string of the molecule is CN(C)c1ccc(/C=C/C=C/c2cccc(/C=C/C=C/c3ccc(N(C)C)cc3)[n+]2CCN)cc1. The minimum atomic E-state index is 0.582. The minimum Gasteiger partial charge on any atom is -0.378 e. The molecule has 0 fully saturated rings. The lowest BCUT2D eigenvalue weighted by atomic mass is 10.1. The van der Waals surface area contributed by atoms with Gasteiger partial charge in [0.15, 0.2) is 6.54 Å². The molecule has 0 bridgehead atoms. The predicted octanol–water partition coefficient (Wildman–Crippen LogP) is 5.52. The first kappa shape index (κ1) is 25.7. The van der Waals surface area contributed by atoms with Crippen molar-refractivity contribution in [3.63, 3.8) is 0 Å². The van der Waals surface area contributed by atoms with E-state index < -0.39 is 0 Å². The van der Waals surface area contributed by atoms with Gasteiger partial charge in [0.2, 0.25) is 11.4 Å². The molecule has 0 saturated carbocycles. The first-order valence-electron chi connectivity index (χ1n) is 11.9. The van der Waals surface area contributed by atoms with Gasteiger partial charge in [-0.25, -0.2) is 0 Å². The summed E-state index contributed by atoms with van der Waals surface area (Å²) in [5.74, 6) is 0. The number of anilines is 2. The zero-order valence-corrected chi connectivity index (χ0v) is 21.3. The summed E-state index contributed by atoms with van der Waals surface area (Å²) in [6, 6.07) is 23.3. The lowest BCUT2D eigenvalue weighted by Crippen LogP contribution is -2.43. The van der Waals surface area contributed by atoms with Gasteiger partial charge in [-0.15, -0.1) is 0 Å². The lowest BCUT2D eigenvalue weighted by molar-refractivity contribution is -0.697. The number of hydrogen-bond donors (Lipinski definition) is 1. The van der Waals surface area contributed by atoms with Crippen LogP contribution in [0.1, 0.15) is 22.5 Å². The van der Waals surface area contributed by atoms with Gasteiger partial charge in [-0.2, -0.15) is 4.57 Å². The van der Waals surface area contributed by atoms with E-state index in [2.05, 4.69) is 130 Å². The zero-order chi connectivity index (χ0) is 25.0. The first-order valence-corrected chi connectivity index (χ1v) is 11.9. The maximum atomic E-state index is 5.92. The number of rotatable bonds is 10. The number of hydrogen-bond acceptors (Lipinski definition) is 3. The number of nitrogens with two attached hydrogens (primary N) is 1. The van der Waals surface area contributed by atoms with Crippen LogP contribution in [0.15, 0.2) is 91.0 Å². The Morgan fingerprint density at radius 1 is 0.600 bits per heavy atom. The van der Waals surface area contributed by atoms with Gasteiger partial charge >= 0.3 is 0 Å². The Morgan fingerprint density at radius 2 is 1.00 bits per heavy atom. The molecule has 1 aromatic heterocycles. The van der Waals surface area contributed by atoms with Crippen molar-refractivity contribution in [3.05, 3.63) is 114 Å². The van der Waals surface area contributed by atoms with Crippen molar-refractivity contribution in [1.29, 1.82) is 0 Å². The fraction of sp³-hybridized carbons (Fsp3) is 0.194. The number of aromatic nitrogens is 1. The lowest BCUT2D eigenvalue weighted by Gasteiger charge is -2.11. The smallest absolute Gasteiger partial charge is 0.205 e. The van der Waals surface area contributed by atoms with E-state index in [9.17, 15) is 0 Å². The summed E-state index contributed by atoms with van der Waals surface area (Å²) >= 11 is 0. The van der Waals surface area contributed by atoms with E-state index in [4.69, 9.17) is 5.73 Å². The summed E-state index contributed by atoms with van der Waals surface area (Å²) in [7, 11) is 8.20. The van der Waals surface area contributed by atoms with E-state index in [1.807, 2.05) is 28.2 Å². The van der Waals surface area contributed by atoms with Crippen LogP contribution in [0.3, 0.4) is 0 Å². The van der Waals surface area contributed by atoms with E-state index in [1.54, 1.807) is 0 Å². The van der Waals surface area contributed by atoms with Gasteiger partial charge < -0.3 is 15.5 Å². The molecule has 3 aromatic rings. The normalized spacial score (nSPS) is 11.9. The average Bonchev–Trinajstić information content (AvgIpc) is 2.86. The highest BCUT2D eigenvalue weighted by atomic mass is 15.1. The monoisotopic (exact) mass is 465 g/mol. The Morgan fingerprint density at radius 3 is 1.37 bits per heavy atom. The van der Waals surface area contributed by atoms with Crippen LogP contribution in [-0.2, 0) is 6.54 Å². The van der Waals surface area contributed by atoms with Gasteiger partial charge in [0, 0.05) is 63.9 Å². The molecule has 1 heterocycles. The highest BCUT2D eigenvalue weighted by Crippen LogP contribution is 2.14. The van der Waals surface area contributed by atoms with Gasteiger partial charge in [-0.3, -0.25) is 0 Å². The zero-order valence-electron chi connectivity index (χ0n) is 21.3. The van der Waals surface area contributed by atoms with Gasteiger partial charge in [0.1, 0.15) is 0 Å². The number of pyridine rings is 1. The number of benzene rings is 2. The van der Waals surface area contributed by atoms with E-state index in [0.717, 1.165) is 17.9 Å². The summed E-state index contributed by atoms with van der Waals surface area (Å²) in [5.41, 5.74) is 12.9. The van der Waals surface area contributed by atoms with Crippen molar-refractivity contribution in [3.8, 4) is 0 Å². The summed E-state index contributed by atoms with van der Waals surface area (Å²) < 4.78 is 2.24. The Bertz CT molecular complexity index is 1090. The molecule has 180 valence electrons. The molecule has 4 heteroatoms. The van der Waals surface area contributed by atoms with E-state index in [0.29, 0.717) is 6.54 Å². The molecule has 3 rings (SSSR count). The van der Waals surface area contributed by atoms with Crippen LogP contribution in [-0.4, -0.2) is 34.7 Å². The molecule has 0 atom stereocenters. The first-order chi connectivity index (χ1) is 17.0. The van der Waals surface area contributed by atoms with Crippen LogP contribution >= 0.6 is 0 Å². The average molecular weight is 466 g/mol. The molecule has 0 amide bonds. The molecule has 0 spiro atoms. The molecule has 35 heavy (non-hydrogen) atoms. The van der Waals surface area contributed by atoms with Gasteiger partial charge in [0.25, 0.3) is 0 Å². The molecule has 0 radical (unpaired) electrons. The van der Waals surface area contributed by atoms with E-state index in [-0.39, 0.29) is 0 Å². The molecule has 0 saturated heterocycles. The molecule has 0 aliphatic rings. The van der Waals surface area contributed by atoms with Crippen molar-refractivity contribution in [2.45, 2.75) is 6.54 Å². The van der Waals surface area contributed by atoms with Crippen LogP contribution in [0.5, 0.6) is 0 Å². The third-order valence-corrected chi connectivity index (χ3v) is 5.66. The van der Waals surface area contributed by atoms with E-state index >= 15 is 0 Å². The Balaban J connectivity index is 1.70. The van der Waals surface area contributed by atoms with Crippen LogP contribution in [0.2, 0.25) is 0 Å². The Kier molecular flexibility index (Phi) is 9.64. The Hall–Kier alpha value is -3.89. The summed E-state index contributed by atoms with van der Waals surface area (Å²) in [5, 5.41) is 0. The fourth-order valence-corrected chi connectivity index (χ4v) is 3.66. The standard InChI is InChI=1S/C31H37N4/c1-33(2)28-20-16-26(17-21-28)10-5-7-12-30-14-9-15-31(35(30)25-24-32)13-8-6-11-27-18-22-29(23-19-27)34(3)4/h5-23H,24-25,32H2,1-4H3/q+1. The maximum absolute atomic E-state index is 5.92. The maximum Gasteiger partial charge on any atom is 0.205 e. The number of allylic oxidation sites excluding steroid dienone is 4. The molecule has 2 aromatic carbocycles. The Labute approximate surface area is 210 Å². The topological polar surface area (TPSA) is 36.4 Å². The van der Waals surface area contributed by atoms with Crippen molar-refractivity contribution >= 4 is 35.7 Å². The quantitative estimate of drug-likeness (QED) is 0.316. The third kappa shape index (κ3) is 7.83. The van der Waals surface area contributed by atoms with Gasteiger partial charge in [-0.05, 0) is 41.5 Å². The van der Waals surface area contributed by atoms with Crippen LogP contribution in [0.25, 0.3) is 24.3 Å². The third-order valence-electron chi connectivity index (χ3n) is 5.66. The summed E-state index contributed by atoms with van der Waals surface area (Å²) in [6.07, 6.45) is 16.8.